The first-order valence-corrected chi connectivity index (χ1v) is 6.66. The molecule has 1 aromatic rings. The quantitative estimate of drug-likeness (QED) is 0.619. The van der Waals surface area contributed by atoms with Crippen LogP contribution in [0.3, 0.4) is 0 Å². The molecule has 7 nitrogen and oxygen atoms in total. The third-order valence-electron chi connectivity index (χ3n) is 2.95. The lowest BCUT2D eigenvalue weighted by Gasteiger charge is -2.15. The van der Waals surface area contributed by atoms with Gasteiger partial charge in [0, 0.05) is 16.2 Å². The van der Waals surface area contributed by atoms with E-state index in [2.05, 4.69) is 11.6 Å². The number of halogens is 1. The van der Waals surface area contributed by atoms with Crippen LogP contribution in [0.2, 0.25) is 0 Å². The van der Waals surface area contributed by atoms with Gasteiger partial charge in [0.2, 0.25) is 0 Å². The molecule has 2 rings (SSSR count). The van der Waals surface area contributed by atoms with Crippen molar-refractivity contribution in [2.24, 2.45) is 0 Å². The van der Waals surface area contributed by atoms with Gasteiger partial charge in [-0.15, -0.1) is 0 Å². The van der Waals surface area contributed by atoms with Crippen LogP contribution >= 0.6 is 22.6 Å². The minimum absolute atomic E-state index is 0.171. The number of nitrogens with one attached hydrogen (secondary N) is 1. The molecule has 0 spiro atoms. The predicted octanol–water partition coefficient (Wildman–Crippen LogP) is -0.417. The molecule has 1 saturated heterocycles. The van der Waals surface area contributed by atoms with Crippen LogP contribution in [0.15, 0.2) is 22.4 Å². The van der Waals surface area contributed by atoms with Gasteiger partial charge in [-0.05, 0) is 22.6 Å². The number of rotatable bonds is 3. The van der Waals surface area contributed by atoms with Crippen molar-refractivity contribution in [2.45, 2.75) is 24.9 Å². The summed E-state index contributed by atoms with van der Waals surface area (Å²) in [5, 5.41) is 18.7. The molecule has 0 saturated carbocycles. The van der Waals surface area contributed by atoms with Crippen LogP contribution in [0.1, 0.15) is 18.2 Å². The fourth-order valence-corrected chi connectivity index (χ4v) is 2.33. The minimum atomic E-state index is -0.847. The molecule has 0 aliphatic carbocycles. The zero-order chi connectivity index (χ0) is 14.2. The van der Waals surface area contributed by atoms with E-state index in [1.54, 1.807) is 0 Å². The minimum Gasteiger partial charge on any atom is -0.394 e. The Bertz CT molecular complexity index is 608. The van der Waals surface area contributed by atoms with Crippen LogP contribution < -0.4 is 11.2 Å². The topological polar surface area (TPSA) is 105 Å². The first-order valence-electron chi connectivity index (χ1n) is 5.58. The molecule has 0 unspecified atom stereocenters. The Labute approximate surface area is 121 Å². The lowest BCUT2D eigenvalue weighted by molar-refractivity contribution is -0.0459. The molecule has 0 bridgehead atoms. The molecule has 3 N–H and O–H groups in total. The van der Waals surface area contributed by atoms with Crippen molar-refractivity contribution < 1.29 is 14.9 Å². The van der Waals surface area contributed by atoms with Crippen molar-refractivity contribution in [3.63, 3.8) is 0 Å². The summed E-state index contributed by atoms with van der Waals surface area (Å²) in [5.41, 5.74) is -0.870. The van der Waals surface area contributed by atoms with Crippen molar-refractivity contribution >= 4 is 26.2 Å². The summed E-state index contributed by atoms with van der Waals surface area (Å²) >= 11 is 1.88. The Balaban J connectivity index is 2.41. The van der Waals surface area contributed by atoms with Gasteiger partial charge >= 0.3 is 5.69 Å². The third-order valence-corrected chi connectivity index (χ3v) is 3.54. The third kappa shape index (κ3) is 2.81. The molecule has 0 amide bonds. The Morgan fingerprint density at radius 3 is 2.84 bits per heavy atom. The lowest BCUT2D eigenvalue weighted by atomic mass is 10.2. The second kappa shape index (κ2) is 5.57. The highest BCUT2D eigenvalue weighted by Gasteiger charge is 2.35. The SMILES string of the molecule is C=C(I)c1cn([C@H]2C[C@H](O)[C@@H](CO)O2)c(=O)[nH]c1=O. The van der Waals surface area contributed by atoms with E-state index in [0.29, 0.717) is 3.58 Å². The number of aromatic nitrogens is 2. The Kier molecular flexibility index (Phi) is 4.23. The van der Waals surface area contributed by atoms with Gasteiger partial charge in [-0.2, -0.15) is 0 Å². The van der Waals surface area contributed by atoms with Crippen LogP contribution in [-0.2, 0) is 4.74 Å². The molecule has 8 heteroatoms. The summed E-state index contributed by atoms with van der Waals surface area (Å²) in [6, 6.07) is 0. The van der Waals surface area contributed by atoms with Crippen LogP contribution in [0.25, 0.3) is 3.58 Å². The number of nitrogens with zero attached hydrogens (tertiary/aromatic N) is 1. The Morgan fingerprint density at radius 2 is 2.32 bits per heavy atom. The highest BCUT2D eigenvalue weighted by Crippen LogP contribution is 2.27. The number of aliphatic hydroxyl groups excluding tert-OH is 2. The van der Waals surface area contributed by atoms with Gasteiger partial charge in [0.05, 0.1) is 18.3 Å². The summed E-state index contributed by atoms with van der Waals surface area (Å²) in [7, 11) is 0. The van der Waals surface area contributed by atoms with Gasteiger partial charge in [-0.25, -0.2) is 4.79 Å². The monoisotopic (exact) mass is 380 g/mol. The molecular weight excluding hydrogens is 367 g/mol. The number of aliphatic hydroxyl groups is 2. The normalized spacial score (nSPS) is 26.6. The van der Waals surface area contributed by atoms with E-state index in [4.69, 9.17) is 9.84 Å². The van der Waals surface area contributed by atoms with Gasteiger partial charge in [0.15, 0.2) is 0 Å². The highest BCUT2D eigenvalue weighted by molar-refractivity contribution is 14.1. The first kappa shape index (κ1) is 14.4. The fourth-order valence-electron chi connectivity index (χ4n) is 1.94. The lowest BCUT2D eigenvalue weighted by Crippen LogP contribution is -2.33. The van der Waals surface area contributed by atoms with Crippen LogP contribution in [-0.4, -0.2) is 38.6 Å². The number of H-pyrrole nitrogens is 1. The van der Waals surface area contributed by atoms with E-state index in [9.17, 15) is 14.7 Å². The van der Waals surface area contributed by atoms with Gasteiger partial charge < -0.3 is 14.9 Å². The molecule has 2 heterocycles. The number of ether oxygens (including phenoxy) is 1. The summed E-state index contributed by atoms with van der Waals surface area (Å²) in [6.45, 7) is 3.32. The maximum absolute atomic E-state index is 11.8. The largest absolute Gasteiger partial charge is 0.394 e. The van der Waals surface area contributed by atoms with E-state index < -0.39 is 29.7 Å². The Morgan fingerprint density at radius 1 is 1.63 bits per heavy atom. The number of hydrogen-bond donors (Lipinski definition) is 3. The summed E-state index contributed by atoms with van der Waals surface area (Å²) in [4.78, 5) is 25.5. The van der Waals surface area contributed by atoms with Crippen molar-refractivity contribution in [2.75, 3.05) is 6.61 Å². The standard InChI is InChI=1S/C11H13IN2O5/c1-5(12)6-3-14(11(18)13-10(6)17)9-2-7(16)8(4-15)19-9/h3,7-9,15-16H,1-2,4H2,(H,13,17,18)/t7-,8+,9+/m0/s1. The van der Waals surface area contributed by atoms with Crippen LogP contribution in [0.5, 0.6) is 0 Å². The van der Waals surface area contributed by atoms with E-state index in [1.807, 2.05) is 22.6 Å². The van der Waals surface area contributed by atoms with E-state index in [-0.39, 0.29) is 18.6 Å². The van der Waals surface area contributed by atoms with Crippen molar-refractivity contribution in [1.29, 1.82) is 0 Å². The molecule has 0 aromatic carbocycles. The van der Waals surface area contributed by atoms with Gasteiger partial charge in [-0.1, -0.05) is 6.58 Å². The van der Waals surface area contributed by atoms with Gasteiger partial charge in [-0.3, -0.25) is 14.3 Å². The molecule has 1 fully saturated rings. The maximum Gasteiger partial charge on any atom is 0.330 e. The number of aromatic amines is 1. The number of hydrogen-bond acceptors (Lipinski definition) is 5. The summed E-state index contributed by atoms with van der Waals surface area (Å²) in [5.74, 6) is 0. The average Bonchev–Trinajstić information content (AvgIpc) is 2.69. The molecule has 104 valence electrons. The second-order valence-corrected chi connectivity index (χ2v) is 5.53. The molecular formula is C11H13IN2O5. The zero-order valence-electron chi connectivity index (χ0n) is 9.88. The van der Waals surface area contributed by atoms with Gasteiger partial charge in [0.25, 0.3) is 5.56 Å². The summed E-state index contributed by atoms with van der Waals surface area (Å²) in [6.07, 6.45) is -0.765. The van der Waals surface area contributed by atoms with E-state index in [1.165, 1.54) is 10.8 Å². The van der Waals surface area contributed by atoms with Crippen molar-refractivity contribution in [3.8, 4) is 0 Å². The predicted molar refractivity (Wildman–Crippen MR) is 76.0 cm³/mol. The average molecular weight is 380 g/mol. The van der Waals surface area contributed by atoms with Crippen molar-refractivity contribution in [3.05, 3.63) is 39.2 Å². The van der Waals surface area contributed by atoms with Crippen molar-refractivity contribution in [1.82, 2.24) is 9.55 Å². The fraction of sp³-hybridized carbons (Fsp3) is 0.455. The molecule has 1 aromatic heterocycles. The van der Waals surface area contributed by atoms with Crippen LogP contribution in [0.4, 0.5) is 0 Å². The highest BCUT2D eigenvalue weighted by atomic mass is 127. The molecule has 1 aliphatic rings. The van der Waals surface area contributed by atoms with Crippen LogP contribution in [0, 0.1) is 0 Å². The van der Waals surface area contributed by atoms with E-state index in [0.717, 1.165) is 0 Å². The Hall–Kier alpha value is -0.970. The molecule has 1 aliphatic heterocycles. The molecule has 19 heavy (non-hydrogen) atoms. The zero-order valence-corrected chi connectivity index (χ0v) is 12.0. The summed E-state index contributed by atoms with van der Waals surface area (Å²) < 4.78 is 7.06. The first-order chi connectivity index (χ1) is 8.93. The maximum atomic E-state index is 11.8. The molecule has 0 radical (unpaired) electrons. The second-order valence-electron chi connectivity index (χ2n) is 4.23. The smallest absolute Gasteiger partial charge is 0.330 e. The van der Waals surface area contributed by atoms with Gasteiger partial charge in [0.1, 0.15) is 12.3 Å². The molecule has 3 atom stereocenters. The van der Waals surface area contributed by atoms with E-state index >= 15 is 0 Å².